The Labute approximate surface area is 157 Å². The highest BCUT2D eigenvalue weighted by molar-refractivity contribution is 9.10. The van der Waals surface area contributed by atoms with Crippen LogP contribution in [0.1, 0.15) is 31.9 Å². The molecule has 0 atom stereocenters. The molecule has 0 saturated carbocycles. The number of benzene rings is 2. The summed E-state index contributed by atoms with van der Waals surface area (Å²) in [6, 6.07) is 16.5. The molecule has 0 spiro atoms. The maximum Gasteiger partial charge on any atom is 0.119 e. The van der Waals surface area contributed by atoms with E-state index in [1.54, 1.807) is 0 Å². The molecule has 0 fully saturated rings. The lowest BCUT2D eigenvalue weighted by Gasteiger charge is -2.19. The highest BCUT2D eigenvalue weighted by Gasteiger charge is 2.13. The zero-order chi connectivity index (χ0) is 18.0. The molecule has 0 saturated heterocycles. The fraction of sp³-hybridized carbons (Fsp3) is 0.286. The topological polar surface area (TPSA) is 38.0 Å². The van der Waals surface area contributed by atoms with Gasteiger partial charge in [0, 0.05) is 21.6 Å². The predicted molar refractivity (Wildman–Crippen MR) is 105 cm³/mol. The van der Waals surface area contributed by atoms with Crippen LogP contribution >= 0.6 is 15.9 Å². The number of hydrogen-bond donors (Lipinski definition) is 0. The largest absolute Gasteiger partial charge is 0.492 e. The molecule has 0 aliphatic carbocycles. The predicted octanol–water partition coefficient (Wildman–Crippen LogP) is 5.65. The Kier molecular flexibility index (Phi) is 4.87. The summed E-state index contributed by atoms with van der Waals surface area (Å²) < 4.78 is 8.93. The van der Waals surface area contributed by atoms with Crippen LogP contribution in [-0.2, 0) is 12.0 Å². The number of rotatable bonds is 4. The highest BCUT2D eigenvalue weighted by atomic mass is 79.9. The maximum atomic E-state index is 9.33. The molecular weight excluding hydrogens is 376 g/mol. The third-order valence-corrected chi connectivity index (χ3v) is 4.78. The lowest BCUT2D eigenvalue weighted by molar-refractivity contribution is 0.300. The SMILES string of the molecule is CC(C)(C)c1ccc(OCCn2cc(C#N)c3cc(Br)ccc32)cc1. The molecule has 4 heteroatoms. The number of ether oxygens (including phenoxy) is 1. The third-order valence-electron chi connectivity index (χ3n) is 4.28. The Morgan fingerprint density at radius 1 is 1.12 bits per heavy atom. The van der Waals surface area contributed by atoms with Crippen LogP contribution < -0.4 is 4.74 Å². The molecular formula is C21H21BrN2O. The number of hydrogen-bond acceptors (Lipinski definition) is 2. The van der Waals surface area contributed by atoms with E-state index in [9.17, 15) is 5.26 Å². The Hall–Kier alpha value is -2.25. The first-order valence-electron chi connectivity index (χ1n) is 8.30. The summed E-state index contributed by atoms with van der Waals surface area (Å²) in [4.78, 5) is 0. The second-order valence-electron chi connectivity index (χ2n) is 7.13. The zero-order valence-electron chi connectivity index (χ0n) is 14.7. The van der Waals surface area contributed by atoms with Gasteiger partial charge in [-0.1, -0.05) is 48.8 Å². The quantitative estimate of drug-likeness (QED) is 0.570. The molecule has 0 amide bonds. The molecule has 0 aliphatic rings. The zero-order valence-corrected chi connectivity index (χ0v) is 16.3. The van der Waals surface area contributed by atoms with Crippen LogP contribution in [0.4, 0.5) is 0 Å². The van der Waals surface area contributed by atoms with Gasteiger partial charge >= 0.3 is 0 Å². The van der Waals surface area contributed by atoms with E-state index in [0.717, 1.165) is 21.1 Å². The minimum absolute atomic E-state index is 0.143. The molecule has 128 valence electrons. The van der Waals surface area contributed by atoms with Crippen molar-refractivity contribution in [3.8, 4) is 11.8 Å². The molecule has 3 rings (SSSR count). The van der Waals surface area contributed by atoms with Crippen LogP contribution in [-0.4, -0.2) is 11.2 Å². The van der Waals surface area contributed by atoms with Crippen molar-refractivity contribution in [3.05, 3.63) is 64.3 Å². The minimum Gasteiger partial charge on any atom is -0.492 e. The molecule has 2 aromatic carbocycles. The third kappa shape index (κ3) is 3.88. The average Bonchev–Trinajstić information content (AvgIpc) is 2.91. The van der Waals surface area contributed by atoms with Gasteiger partial charge in [-0.05, 0) is 41.3 Å². The summed E-state index contributed by atoms with van der Waals surface area (Å²) in [6.07, 6.45) is 1.89. The maximum absolute atomic E-state index is 9.33. The van der Waals surface area contributed by atoms with Crippen LogP contribution in [0.2, 0.25) is 0 Å². The van der Waals surface area contributed by atoms with Gasteiger partial charge in [0.1, 0.15) is 18.4 Å². The van der Waals surface area contributed by atoms with Gasteiger partial charge in [-0.25, -0.2) is 0 Å². The van der Waals surface area contributed by atoms with E-state index in [4.69, 9.17) is 4.74 Å². The second-order valence-corrected chi connectivity index (χ2v) is 8.05. The first kappa shape index (κ1) is 17.6. The van der Waals surface area contributed by atoms with Crippen LogP contribution in [0, 0.1) is 11.3 Å². The lowest BCUT2D eigenvalue weighted by atomic mass is 9.87. The van der Waals surface area contributed by atoms with Crippen molar-refractivity contribution >= 4 is 26.8 Å². The van der Waals surface area contributed by atoms with Crippen LogP contribution in [0.15, 0.2) is 53.1 Å². The summed E-state index contributed by atoms with van der Waals surface area (Å²) in [5.41, 5.74) is 3.17. The Morgan fingerprint density at radius 2 is 1.84 bits per heavy atom. The monoisotopic (exact) mass is 396 g/mol. The molecule has 0 N–H and O–H groups in total. The van der Waals surface area contributed by atoms with Crippen molar-refractivity contribution in [3.63, 3.8) is 0 Å². The molecule has 1 heterocycles. The smallest absolute Gasteiger partial charge is 0.119 e. The summed E-state index contributed by atoms with van der Waals surface area (Å²) in [5, 5.41) is 10.3. The van der Waals surface area contributed by atoms with Gasteiger partial charge in [0.25, 0.3) is 0 Å². The standard InChI is InChI=1S/C21H21BrN2O/c1-21(2,3)16-4-7-18(8-5-16)25-11-10-24-14-15(13-23)19-12-17(22)6-9-20(19)24/h4-9,12,14H,10-11H2,1-3H3. The normalized spacial score (nSPS) is 11.5. The van der Waals surface area contributed by atoms with Crippen LogP contribution in [0.5, 0.6) is 5.75 Å². The van der Waals surface area contributed by atoms with Crippen molar-refractivity contribution in [2.45, 2.75) is 32.7 Å². The Bertz CT molecular complexity index is 927. The van der Waals surface area contributed by atoms with Gasteiger partial charge in [0.2, 0.25) is 0 Å². The van der Waals surface area contributed by atoms with E-state index >= 15 is 0 Å². The van der Waals surface area contributed by atoms with Gasteiger partial charge in [0.15, 0.2) is 0 Å². The lowest BCUT2D eigenvalue weighted by Crippen LogP contribution is -2.11. The number of fused-ring (bicyclic) bond motifs is 1. The van der Waals surface area contributed by atoms with E-state index in [0.29, 0.717) is 18.7 Å². The van der Waals surface area contributed by atoms with Gasteiger partial charge in [-0.3, -0.25) is 0 Å². The van der Waals surface area contributed by atoms with E-state index in [1.807, 2.05) is 36.5 Å². The number of nitrogens with zero attached hydrogens (tertiary/aromatic N) is 2. The minimum atomic E-state index is 0.143. The molecule has 25 heavy (non-hydrogen) atoms. The molecule has 0 radical (unpaired) electrons. The van der Waals surface area contributed by atoms with Crippen LogP contribution in [0.3, 0.4) is 0 Å². The van der Waals surface area contributed by atoms with E-state index in [2.05, 4.69) is 59.5 Å². The summed E-state index contributed by atoms with van der Waals surface area (Å²) in [5.74, 6) is 0.868. The highest BCUT2D eigenvalue weighted by Crippen LogP contribution is 2.26. The van der Waals surface area contributed by atoms with Crippen molar-refractivity contribution in [2.75, 3.05) is 6.61 Å². The van der Waals surface area contributed by atoms with Gasteiger partial charge < -0.3 is 9.30 Å². The molecule has 0 unspecified atom stereocenters. The van der Waals surface area contributed by atoms with Crippen molar-refractivity contribution < 1.29 is 4.74 Å². The fourth-order valence-electron chi connectivity index (χ4n) is 2.86. The van der Waals surface area contributed by atoms with Gasteiger partial charge in [-0.2, -0.15) is 5.26 Å². The number of nitriles is 1. The molecule has 3 nitrogen and oxygen atoms in total. The first-order chi connectivity index (χ1) is 11.9. The summed E-state index contributed by atoms with van der Waals surface area (Å²) in [7, 11) is 0. The van der Waals surface area contributed by atoms with E-state index in [1.165, 1.54) is 5.56 Å². The van der Waals surface area contributed by atoms with Crippen molar-refractivity contribution in [1.29, 1.82) is 5.26 Å². The molecule has 3 aromatic rings. The second kappa shape index (κ2) is 6.93. The Morgan fingerprint density at radius 3 is 2.48 bits per heavy atom. The number of aromatic nitrogens is 1. The summed E-state index contributed by atoms with van der Waals surface area (Å²) in [6.45, 7) is 7.85. The van der Waals surface area contributed by atoms with Crippen molar-refractivity contribution in [2.24, 2.45) is 0 Å². The first-order valence-corrected chi connectivity index (χ1v) is 9.09. The van der Waals surface area contributed by atoms with Gasteiger partial charge in [0.05, 0.1) is 12.1 Å². The summed E-state index contributed by atoms with van der Waals surface area (Å²) >= 11 is 3.46. The molecule has 0 aliphatic heterocycles. The number of halogens is 1. The fourth-order valence-corrected chi connectivity index (χ4v) is 3.22. The van der Waals surface area contributed by atoms with E-state index < -0.39 is 0 Å². The van der Waals surface area contributed by atoms with E-state index in [-0.39, 0.29) is 5.41 Å². The van der Waals surface area contributed by atoms with Crippen LogP contribution in [0.25, 0.3) is 10.9 Å². The molecule has 1 aromatic heterocycles. The van der Waals surface area contributed by atoms with Crippen molar-refractivity contribution in [1.82, 2.24) is 4.57 Å². The van der Waals surface area contributed by atoms with Gasteiger partial charge in [-0.15, -0.1) is 0 Å². The molecule has 0 bridgehead atoms. The average molecular weight is 397 g/mol. The Balaban J connectivity index is 1.70.